The van der Waals surface area contributed by atoms with Crippen molar-refractivity contribution >= 4 is 6.09 Å². The molecular weight excluding hydrogens is 192 g/mol. The average molecular weight is 208 g/mol. The van der Waals surface area contributed by atoms with Crippen molar-refractivity contribution in [2.24, 2.45) is 11.3 Å². The molecule has 1 heterocycles. The van der Waals surface area contributed by atoms with E-state index in [0.717, 1.165) is 6.42 Å². The number of carbonyl (C=O) groups is 1. The molecule has 1 saturated carbocycles. The SMILES string of the molecule is CC(C)(C)OC(=O)N1C[C@H]2C[C@]2(C#N)C1. The highest BCUT2D eigenvalue weighted by Gasteiger charge is 2.62. The number of piperidine rings is 1. The van der Waals surface area contributed by atoms with Crippen molar-refractivity contribution in [3.05, 3.63) is 0 Å². The van der Waals surface area contributed by atoms with Crippen LogP contribution in [0.5, 0.6) is 0 Å². The fourth-order valence-corrected chi connectivity index (χ4v) is 2.12. The molecule has 0 bridgehead atoms. The predicted molar refractivity (Wildman–Crippen MR) is 54.0 cm³/mol. The Labute approximate surface area is 89.8 Å². The first-order valence-corrected chi connectivity index (χ1v) is 5.25. The van der Waals surface area contributed by atoms with E-state index >= 15 is 0 Å². The fraction of sp³-hybridized carbons (Fsp3) is 0.818. The maximum atomic E-state index is 11.7. The van der Waals surface area contributed by atoms with E-state index in [2.05, 4.69) is 6.07 Å². The van der Waals surface area contributed by atoms with Gasteiger partial charge in [0.1, 0.15) is 5.60 Å². The van der Waals surface area contributed by atoms with Gasteiger partial charge in [0.2, 0.25) is 0 Å². The largest absolute Gasteiger partial charge is 0.444 e. The first kappa shape index (κ1) is 10.3. The van der Waals surface area contributed by atoms with Gasteiger partial charge in [-0.3, -0.25) is 0 Å². The third-order valence-corrected chi connectivity index (χ3v) is 3.02. The van der Waals surface area contributed by atoms with Crippen molar-refractivity contribution in [1.82, 2.24) is 4.90 Å². The van der Waals surface area contributed by atoms with E-state index in [1.165, 1.54) is 0 Å². The maximum absolute atomic E-state index is 11.7. The molecule has 1 amide bonds. The van der Waals surface area contributed by atoms with E-state index in [4.69, 9.17) is 10.00 Å². The van der Waals surface area contributed by atoms with Crippen LogP contribution in [0.2, 0.25) is 0 Å². The third-order valence-electron chi connectivity index (χ3n) is 3.02. The number of hydrogen-bond acceptors (Lipinski definition) is 3. The van der Waals surface area contributed by atoms with Crippen LogP contribution in [0.4, 0.5) is 4.79 Å². The summed E-state index contributed by atoms with van der Waals surface area (Å²) in [5.74, 6) is 0.384. The number of fused-ring (bicyclic) bond motifs is 1. The summed E-state index contributed by atoms with van der Waals surface area (Å²) in [5, 5.41) is 8.97. The van der Waals surface area contributed by atoms with E-state index in [1.54, 1.807) is 4.90 Å². The molecule has 0 aromatic heterocycles. The Balaban J connectivity index is 1.93. The Kier molecular flexibility index (Phi) is 1.97. The lowest BCUT2D eigenvalue weighted by Gasteiger charge is -2.25. The second-order valence-electron chi connectivity index (χ2n) is 5.53. The lowest BCUT2D eigenvalue weighted by atomic mass is 10.1. The Bertz CT molecular complexity index is 339. The molecule has 1 aliphatic heterocycles. The number of nitriles is 1. The minimum Gasteiger partial charge on any atom is -0.444 e. The number of likely N-dealkylation sites (tertiary alicyclic amines) is 1. The molecule has 2 atom stereocenters. The van der Waals surface area contributed by atoms with Gasteiger partial charge in [-0.15, -0.1) is 0 Å². The molecule has 0 radical (unpaired) electrons. The highest BCUT2D eigenvalue weighted by Crippen LogP contribution is 2.57. The average Bonchev–Trinajstić information content (AvgIpc) is 2.66. The Morgan fingerprint density at radius 2 is 2.27 bits per heavy atom. The Morgan fingerprint density at radius 3 is 2.73 bits per heavy atom. The van der Waals surface area contributed by atoms with Gasteiger partial charge >= 0.3 is 6.09 Å². The molecule has 4 nitrogen and oxygen atoms in total. The molecule has 2 aliphatic rings. The number of carbonyl (C=O) groups excluding carboxylic acids is 1. The highest BCUT2D eigenvalue weighted by molar-refractivity contribution is 5.69. The van der Waals surface area contributed by atoms with Gasteiger partial charge in [-0.2, -0.15) is 5.26 Å². The van der Waals surface area contributed by atoms with Crippen LogP contribution in [0, 0.1) is 22.7 Å². The quantitative estimate of drug-likeness (QED) is 0.609. The minimum absolute atomic E-state index is 0.239. The number of rotatable bonds is 0. The van der Waals surface area contributed by atoms with Gasteiger partial charge in [-0.25, -0.2) is 4.79 Å². The van der Waals surface area contributed by atoms with Crippen LogP contribution in [0.3, 0.4) is 0 Å². The molecule has 1 aliphatic carbocycles. The molecule has 0 aromatic carbocycles. The van der Waals surface area contributed by atoms with Gasteiger partial charge < -0.3 is 9.64 Å². The van der Waals surface area contributed by atoms with Gasteiger partial charge in [0.05, 0.1) is 11.5 Å². The van der Waals surface area contributed by atoms with E-state index < -0.39 is 5.60 Å². The lowest BCUT2D eigenvalue weighted by molar-refractivity contribution is 0.0268. The molecule has 4 heteroatoms. The van der Waals surface area contributed by atoms with E-state index in [1.807, 2.05) is 20.8 Å². The first-order valence-electron chi connectivity index (χ1n) is 5.25. The number of hydrogen-bond donors (Lipinski definition) is 0. The summed E-state index contributed by atoms with van der Waals surface area (Å²) in [7, 11) is 0. The summed E-state index contributed by atoms with van der Waals surface area (Å²) in [5.41, 5.74) is -0.694. The fourth-order valence-electron chi connectivity index (χ4n) is 2.12. The molecule has 0 unspecified atom stereocenters. The highest BCUT2D eigenvalue weighted by atomic mass is 16.6. The molecule has 0 aromatic rings. The molecule has 1 saturated heterocycles. The van der Waals surface area contributed by atoms with Gasteiger partial charge in [0.15, 0.2) is 0 Å². The summed E-state index contributed by atoms with van der Waals surface area (Å²) >= 11 is 0. The number of amides is 1. The molecule has 0 spiro atoms. The number of nitrogens with zero attached hydrogens (tertiary/aromatic N) is 2. The van der Waals surface area contributed by atoms with Crippen molar-refractivity contribution in [2.75, 3.05) is 13.1 Å². The van der Waals surface area contributed by atoms with Crippen LogP contribution < -0.4 is 0 Å². The predicted octanol–water partition coefficient (Wildman–Crippen LogP) is 1.77. The smallest absolute Gasteiger partial charge is 0.410 e. The zero-order chi connectivity index (χ0) is 11.3. The summed E-state index contributed by atoms with van der Waals surface area (Å²) in [4.78, 5) is 13.3. The molecule has 0 N–H and O–H groups in total. The second kappa shape index (κ2) is 2.88. The molecule has 2 fully saturated rings. The van der Waals surface area contributed by atoms with Crippen LogP contribution in [-0.4, -0.2) is 29.7 Å². The topological polar surface area (TPSA) is 53.3 Å². The van der Waals surface area contributed by atoms with Crippen molar-refractivity contribution in [3.8, 4) is 6.07 Å². The van der Waals surface area contributed by atoms with E-state index in [-0.39, 0.29) is 11.5 Å². The van der Waals surface area contributed by atoms with Gasteiger partial charge in [-0.05, 0) is 33.1 Å². The van der Waals surface area contributed by atoms with Crippen molar-refractivity contribution in [2.45, 2.75) is 32.8 Å². The van der Waals surface area contributed by atoms with Gasteiger partial charge in [-0.1, -0.05) is 0 Å². The maximum Gasteiger partial charge on any atom is 0.410 e. The van der Waals surface area contributed by atoms with Gasteiger partial charge in [0, 0.05) is 13.1 Å². The second-order valence-corrected chi connectivity index (χ2v) is 5.53. The normalized spacial score (nSPS) is 33.2. The zero-order valence-corrected chi connectivity index (χ0v) is 9.41. The van der Waals surface area contributed by atoms with Crippen LogP contribution in [0.1, 0.15) is 27.2 Å². The molecule has 82 valence electrons. The van der Waals surface area contributed by atoms with Crippen LogP contribution in [-0.2, 0) is 4.74 Å². The van der Waals surface area contributed by atoms with Crippen molar-refractivity contribution in [1.29, 1.82) is 5.26 Å². The Hall–Kier alpha value is -1.24. The zero-order valence-electron chi connectivity index (χ0n) is 9.41. The minimum atomic E-state index is -0.455. The summed E-state index contributed by atoms with van der Waals surface area (Å²) < 4.78 is 5.26. The third kappa shape index (κ3) is 1.79. The molecular formula is C11H16N2O2. The molecule has 15 heavy (non-hydrogen) atoms. The summed E-state index contributed by atoms with van der Waals surface area (Å²) in [6.45, 7) is 6.77. The monoisotopic (exact) mass is 208 g/mol. The first-order chi connectivity index (χ1) is 6.86. The van der Waals surface area contributed by atoms with Gasteiger partial charge in [0.25, 0.3) is 0 Å². The molecule has 2 rings (SSSR count). The Morgan fingerprint density at radius 1 is 1.60 bits per heavy atom. The van der Waals surface area contributed by atoms with Crippen LogP contribution >= 0.6 is 0 Å². The van der Waals surface area contributed by atoms with Crippen molar-refractivity contribution < 1.29 is 9.53 Å². The van der Waals surface area contributed by atoms with E-state index in [9.17, 15) is 4.79 Å². The van der Waals surface area contributed by atoms with Crippen LogP contribution in [0.15, 0.2) is 0 Å². The lowest BCUT2D eigenvalue weighted by Crippen LogP contribution is -2.37. The summed E-state index contributed by atoms with van der Waals surface area (Å²) in [6, 6.07) is 2.31. The number of ether oxygens (including phenoxy) is 1. The summed E-state index contributed by atoms with van der Waals surface area (Å²) in [6.07, 6.45) is 0.660. The van der Waals surface area contributed by atoms with E-state index in [0.29, 0.717) is 19.0 Å². The van der Waals surface area contributed by atoms with Crippen LogP contribution in [0.25, 0.3) is 0 Å². The standard InChI is InChI=1S/C11H16N2O2/c1-10(2,3)15-9(14)13-5-8-4-11(8,6-12)7-13/h8H,4-5,7H2,1-3H3/t8-,11+/m1/s1. The van der Waals surface area contributed by atoms with Crippen molar-refractivity contribution in [3.63, 3.8) is 0 Å².